The smallest absolute Gasteiger partial charge is 0.253 e. The number of aryl methyl sites for hydroxylation is 1. The molecule has 5 heteroatoms. The molecule has 1 aliphatic heterocycles. The molecule has 1 aliphatic rings. The van der Waals surface area contributed by atoms with Crippen molar-refractivity contribution in [3.8, 4) is 0 Å². The molecule has 1 fully saturated rings. The van der Waals surface area contributed by atoms with Crippen molar-refractivity contribution >= 4 is 29.9 Å². The summed E-state index contributed by atoms with van der Waals surface area (Å²) in [5, 5.41) is 4.12. The zero-order valence-corrected chi connectivity index (χ0v) is 13.0. The molecule has 2 unspecified atom stereocenters. The molecule has 1 amide bonds. The van der Waals surface area contributed by atoms with Crippen LogP contribution < -0.4 is 5.32 Å². The number of carbonyl (C=O) groups is 1. The molecule has 0 radical (unpaired) electrons. The Morgan fingerprint density at radius 1 is 1.32 bits per heavy atom. The van der Waals surface area contributed by atoms with Crippen molar-refractivity contribution in [1.82, 2.24) is 10.2 Å². The lowest BCUT2D eigenvalue weighted by atomic mass is 10.1. The summed E-state index contributed by atoms with van der Waals surface area (Å²) in [5.41, 5.74) is 1.66. The number of carbonyl (C=O) groups excluding carboxylic acids is 1. The van der Waals surface area contributed by atoms with Gasteiger partial charge in [0.2, 0.25) is 0 Å². The molecule has 3 nitrogen and oxygen atoms in total. The van der Waals surface area contributed by atoms with Gasteiger partial charge in [-0.3, -0.25) is 4.79 Å². The fraction of sp³-hybridized carbons (Fsp3) is 0.500. The zero-order chi connectivity index (χ0) is 13.3. The van der Waals surface area contributed by atoms with E-state index in [1.807, 2.05) is 17.9 Å². The Hall–Kier alpha value is -0.770. The lowest BCUT2D eigenvalue weighted by Gasteiger charge is -2.36. The molecule has 0 saturated carbocycles. The SMILES string of the molecule is Cc1cc(C(=O)N2CC(C)NC(C)C2)ccc1Cl.Cl. The first-order valence-corrected chi connectivity index (χ1v) is 6.66. The van der Waals surface area contributed by atoms with E-state index in [0.29, 0.717) is 17.1 Å². The number of hydrogen-bond donors (Lipinski definition) is 1. The number of benzene rings is 1. The Bertz CT molecular complexity index is 455. The van der Waals surface area contributed by atoms with Gasteiger partial charge in [-0.25, -0.2) is 0 Å². The van der Waals surface area contributed by atoms with Gasteiger partial charge in [-0.15, -0.1) is 12.4 Å². The van der Waals surface area contributed by atoms with Crippen LogP contribution in [0.1, 0.15) is 29.8 Å². The van der Waals surface area contributed by atoms with Crippen LogP contribution in [-0.4, -0.2) is 36.0 Å². The van der Waals surface area contributed by atoms with Gasteiger partial charge in [0.1, 0.15) is 0 Å². The molecule has 1 N–H and O–H groups in total. The fourth-order valence-corrected chi connectivity index (χ4v) is 2.57. The van der Waals surface area contributed by atoms with Gasteiger partial charge in [0.25, 0.3) is 5.91 Å². The maximum absolute atomic E-state index is 12.4. The number of rotatable bonds is 1. The molecule has 0 aromatic heterocycles. The highest BCUT2D eigenvalue weighted by Crippen LogP contribution is 2.18. The molecular weight excluding hydrogens is 283 g/mol. The van der Waals surface area contributed by atoms with Crippen molar-refractivity contribution in [2.45, 2.75) is 32.9 Å². The van der Waals surface area contributed by atoms with Gasteiger partial charge in [0.05, 0.1) is 0 Å². The van der Waals surface area contributed by atoms with Crippen LogP contribution in [0.5, 0.6) is 0 Å². The number of hydrogen-bond acceptors (Lipinski definition) is 2. The largest absolute Gasteiger partial charge is 0.336 e. The van der Waals surface area contributed by atoms with Gasteiger partial charge in [0.15, 0.2) is 0 Å². The average Bonchev–Trinajstić information content (AvgIpc) is 2.30. The van der Waals surface area contributed by atoms with Gasteiger partial charge in [-0.2, -0.15) is 0 Å². The summed E-state index contributed by atoms with van der Waals surface area (Å²) in [5.74, 6) is 0.0926. The second kappa shape index (κ2) is 6.60. The van der Waals surface area contributed by atoms with E-state index in [1.54, 1.807) is 12.1 Å². The summed E-state index contributed by atoms with van der Waals surface area (Å²) >= 11 is 5.98. The summed E-state index contributed by atoms with van der Waals surface area (Å²) < 4.78 is 0. The summed E-state index contributed by atoms with van der Waals surface area (Å²) in [7, 11) is 0. The third-order valence-electron chi connectivity index (χ3n) is 3.25. The Labute approximate surface area is 125 Å². The van der Waals surface area contributed by atoms with E-state index in [4.69, 9.17) is 11.6 Å². The Kier molecular flexibility index (Phi) is 5.65. The summed E-state index contributed by atoms with van der Waals surface area (Å²) in [4.78, 5) is 14.3. The van der Waals surface area contributed by atoms with Crippen LogP contribution in [0.25, 0.3) is 0 Å². The summed E-state index contributed by atoms with van der Waals surface area (Å²) in [6.45, 7) is 7.63. The maximum atomic E-state index is 12.4. The first kappa shape index (κ1) is 16.3. The molecule has 2 atom stereocenters. The first-order valence-electron chi connectivity index (χ1n) is 6.29. The predicted molar refractivity (Wildman–Crippen MR) is 81.4 cm³/mol. The van der Waals surface area contributed by atoms with Gasteiger partial charge in [0, 0.05) is 35.8 Å². The predicted octanol–water partition coefficient (Wildman–Crippen LogP) is 2.89. The van der Waals surface area contributed by atoms with Crippen molar-refractivity contribution in [3.05, 3.63) is 34.3 Å². The average molecular weight is 303 g/mol. The van der Waals surface area contributed by atoms with Gasteiger partial charge in [-0.05, 0) is 44.5 Å². The molecule has 1 aromatic carbocycles. The summed E-state index contributed by atoms with van der Waals surface area (Å²) in [6.07, 6.45) is 0. The van der Waals surface area contributed by atoms with E-state index in [2.05, 4.69) is 19.2 Å². The number of piperazine rings is 1. The quantitative estimate of drug-likeness (QED) is 0.865. The van der Waals surface area contributed by atoms with Crippen LogP contribution in [0.15, 0.2) is 18.2 Å². The van der Waals surface area contributed by atoms with Crippen LogP contribution in [0.4, 0.5) is 0 Å². The van der Waals surface area contributed by atoms with Crippen molar-refractivity contribution in [2.75, 3.05) is 13.1 Å². The van der Waals surface area contributed by atoms with Crippen molar-refractivity contribution < 1.29 is 4.79 Å². The van der Waals surface area contributed by atoms with E-state index < -0.39 is 0 Å². The third kappa shape index (κ3) is 3.85. The molecular formula is C14H20Cl2N2O. The molecule has 19 heavy (non-hydrogen) atoms. The van der Waals surface area contributed by atoms with Gasteiger partial charge < -0.3 is 10.2 Å². The second-order valence-electron chi connectivity index (χ2n) is 5.14. The molecule has 2 rings (SSSR count). The molecule has 106 valence electrons. The first-order chi connectivity index (χ1) is 8.47. The zero-order valence-electron chi connectivity index (χ0n) is 11.4. The van der Waals surface area contributed by atoms with Gasteiger partial charge in [-0.1, -0.05) is 11.6 Å². The highest BCUT2D eigenvalue weighted by Gasteiger charge is 2.25. The number of amides is 1. The molecule has 1 aromatic rings. The van der Waals surface area contributed by atoms with Crippen LogP contribution in [0.2, 0.25) is 5.02 Å². The van der Waals surface area contributed by atoms with E-state index in [0.717, 1.165) is 24.2 Å². The standard InChI is InChI=1S/C14H19ClN2O.ClH/c1-9-6-12(4-5-13(9)15)14(18)17-7-10(2)16-11(3)8-17;/h4-6,10-11,16H,7-8H2,1-3H3;1H. The molecule has 1 heterocycles. The Morgan fingerprint density at radius 2 is 1.89 bits per heavy atom. The minimum atomic E-state index is 0. The highest BCUT2D eigenvalue weighted by molar-refractivity contribution is 6.31. The molecule has 1 saturated heterocycles. The lowest BCUT2D eigenvalue weighted by Crippen LogP contribution is -2.55. The second-order valence-corrected chi connectivity index (χ2v) is 5.55. The van der Waals surface area contributed by atoms with Crippen molar-refractivity contribution in [3.63, 3.8) is 0 Å². The van der Waals surface area contributed by atoms with Crippen molar-refractivity contribution in [1.29, 1.82) is 0 Å². The van der Waals surface area contributed by atoms with E-state index in [1.165, 1.54) is 0 Å². The number of nitrogens with zero attached hydrogens (tertiary/aromatic N) is 1. The van der Waals surface area contributed by atoms with E-state index >= 15 is 0 Å². The van der Waals surface area contributed by atoms with Crippen LogP contribution in [0.3, 0.4) is 0 Å². The van der Waals surface area contributed by atoms with Crippen LogP contribution in [-0.2, 0) is 0 Å². The van der Waals surface area contributed by atoms with Crippen molar-refractivity contribution in [2.24, 2.45) is 0 Å². The topological polar surface area (TPSA) is 32.3 Å². The number of halogens is 2. The van der Waals surface area contributed by atoms with Gasteiger partial charge >= 0.3 is 0 Å². The Morgan fingerprint density at radius 3 is 2.42 bits per heavy atom. The van der Waals surface area contributed by atoms with E-state index in [-0.39, 0.29) is 18.3 Å². The number of nitrogens with one attached hydrogen (secondary N) is 1. The minimum absolute atomic E-state index is 0. The maximum Gasteiger partial charge on any atom is 0.253 e. The molecule has 0 bridgehead atoms. The fourth-order valence-electron chi connectivity index (χ4n) is 2.45. The van der Waals surface area contributed by atoms with Crippen LogP contribution in [0, 0.1) is 6.92 Å². The lowest BCUT2D eigenvalue weighted by molar-refractivity contribution is 0.0673. The minimum Gasteiger partial charge on any atom is -0.336 e. The Balaban J connectivity index is 0.00000180. The normalized spacial score (nSPS) is 22.8. The third-order valence-corrected chi connectivity index (χ3v) is 3.67. The molecule has 0 spiro atoms. The monoisotopic (exact) mass is 302 g/mol. The molecule has 0 aliphatic carbocycles. The van der Waals surface area contributed by atoms with E-state index in [9.17, 15) is 4.79 Å². The summed E-state index contributed by atoms with van der Waals surface area (Å²) in [6, 6.07) is 6.13. The highest BCUT2D eigenvalue weighted by atomic mass is 35.5. The van der Waals surface area contributed by atoms with Crippen LogP contribution >= 0.6 is 24.0 Å².